The molecule has 0 radical (unpaired) electrons. The van der Waals surface area contributed by atoms with Crippen LogP contribution >= 0.6 is 11.6 Å². The van der Waals surface area contributed by atoms with Crippen molar-refractivity contribution in [3.63, 3.8) is 0 Å². The standard InChI is InChI=1S/C28H31ClN2O2/c1-21(2)19-30-28(33)26(17-22-10-5-3-6-11-22)31(20-24-14-9-15-25(29)16-24)27(32)18-23-12-7-4-8-13-23/h3-16,21,26H,17-20H2,1-2H3,(H,30,33). The molecule has 3 rings (SSSR count). The number of benzene rings is 3. The summed E-state index contributed by atoms with van der Waals surface area (Å²) in [5.41, 5.74) is 2.81. The van der Waals surface area contributed by atoms with Crippen LogP contribution in [0.25, 0.3) is 0 Å². The van der Waals surface area contributed by atoms with E-state index in [0.29, 0.717) is 30.5 Å². The van der Waals surface area contributed by atoms with E-state index in [1.165, 1.54) is 0 Å². The van der Waals surface area contributed by atoms with E-state index in [-0.39, 0.29) is 18.2 Å². The first-order valence-corrected chi connectivity index (χ1v) is 11.7. The van der Waals surface area contributed by atoms with E-state index in [9.17, 15) is 9.59 Å². The van der Waals surface area contributed by atoms with Crippen molar-refractivity contribution >= 4 is 23.4 Å². The van der Waals surface area contributed by atoms with Crippen molar-refractivity contribution in [1.82, 2.24) is 10.2 Å². The predicted molar refractivity (Wildman–Crippen MR) is 134 cm³/mol. The van der Waals surface area contributed by atoms with Crippen LogP contribution in [-0.2, 0) is 29.0 Å². The highest BCUT2D eigenvalue weighted by atomic mass is 35.5. The Morgan fingerprint density at radius 1 is 0.848 bits per heavy atom. The van der Waals surface area contributed by atoms with Crippen LogP contribution in [0.3, 0.4) is 0 Å². The topological polar surface area (TPSA) is 49.4 Å². The Labute approximate surface area is 201 Å². The summed E-state index contributed by atoms with van der Waals surface area (Å²) >= 11 is 6.21. The van der Waals surface area contributed by atoms with Gasteiger partial charge in [0.15, 0.2) is 0 Å². The summed E-state index contributed by atoms with van der Waals surface area (Å²) in [7, 11) is 0. The van der Waals surface area contributed by atoms with Gasteiger partial charge < -0.3 is 10.2 Å². The molecule has 4 nitrogen and oxygen atoms in total. The average Bonchev–Trinajstić information content (AvgIpc) is 2.81. The minimum Gasteiger partial charge on any atom is -0.354 e. The maximum absolute atomic E-state index is 13.6. The Hall–Kier alpha value is -3.11. The SMILES string of the molecule is CC(C)CNC(=O)C(Cc1ccccc1)N(Cc1cccc(Cl)c1)C(=O)Cc1ccccc1. The minimum absolute atomic E-state index is 0.0956. The number of rotatable bonds is 10. The number of carbonyl (C=O) groups excluding carboxylic acids is 2. The minimum atomic E-state index is -0.638. The van der Waals surface area contributed by atoms with Gasteiger partial charge in [0.2, 0.25) is 11.8 Å². The molecule has 3 aromatic rings. The molecule has 0 aliphatic heterocycles. The first-order chi connectivity index (χ1) is 15.9. The molecule has 1 atom stereocenters. The number of halogens is 1. The molecule has 172 valence electrons. The molecule has 0 fully saturated rings. The van der Waals surface area contributed by atoms with Crippen molar-refractivity contribution in [2.45, 2.75) is 39.3 Å². The Bertz CT molecular complexity index is 1040. The Balaban J connectivity index is 1.94. The molecule has 0 aromatic heterocycles. The fraction of sp³-hybridized carbons (Fsp3) is 0.286. The number of nitrogens with one attached hydrogen (secondary N) is 1. The summed E-state index contributed by atoms with van der Waals surface area (Å²) in [6, 6.07) is 26.2. The van der Waals surface area contributed by atoms with E-state index < -0.39 is 6.04 Å². The zero-order valence-corrected chi connectivity index (χ0v) is 20.0. The lowest BCUT2D eigenvalue weighted by Crippen LogP contribution is -2.51. The highest BCUT2D eigenvalue weighted by Gasteiger charge is 2.30. The summed E-state index contributed by atoms with van der Waals surface area (Å²) in [6.07, 6.45) is 0.663. The first-order valence-electron chi connectivity index (χ1n) is 11.3. The zero-order chi connectivity index (χ0) is 23.6. The lowest BCUT2D eigenvalue weighted by atomic mass is 10.0. The second-order valence-corrected chi connectivity index (χ2v) is 9.09. The van der Waals surface area contributed by atoms with Crippen LogP contribution in [0, 0.1) is 5.92 Å². The monoisotopic (exact) mass is 462 g/mol. The molecule has 33 heavy (non-hydrogen) atoms. The number of hydrogen-bond acceptors (Lipinski definition) is 2. The highest BCUT2D eigenvalue weighted by Crippen LogP contribution is 2.19. The van der Waals surface area contributed by atoms with Crippen molar-refractivity contribution < 1.29 is 9.59 Å². The second kappa shape index (κ2) is 12.2. The third-order valence-electron chi connectivity index (χ3n) is 5.40. The molecular weight excluding hydrogens is 432 g/mol. The van der Waals surface area contributed by atoms with Crippen LogP contribution in [0.4, 0.5) is 0 Å². The van der Waals surface area contributed by atoms with Gasteiger partial charge in [0.25, 0.3) is 0 Å². The number of nitrogens with zero attached hydrogens (tertiary/aromatic N) is 1. The summed E-state index contributed by atoms with van der Waals surface area (Å²) in [6.45, 7) is 4.97. The van der Waals surface area contributed by atoms with E-state index in [1.54, 1.807) is 11.0 Å². The van der Waals surface area contributed by atoms with Crippen molar-refractivity contribution in [3.05, 3.63) is 107 Å². The Morgan fingerprint density at radius 3 is 2.06 bits per heavy atom. The molecule has 3 aromatic carbocycles. The van der Waals surface area contributed by atoms with Crippen LogP contribution in [0.2, 0.25) is 5.02 Å². The summed E-state index contributed by atoms with van der Waals surface area (Å²) < 4.78 is 0. The molecule has 0 spiro atoms. The number of amides is 2. The van der Waals surface area contributed by atoms with Gasteiger partial charge in [-0.2, -0.15) is 0 Å². The predicted octanol–water partition coefficient (Wildman–Crippen LogP) is 5.29. The molecule has 0 heterocycles. The number of carbonyl (C=O) groups is 2. The van der Waals surface area contributed by atoms with E-state index >= 15 is 0 Å². The molecule has 0 aliphatic rings. The lowest BCUT2D eigenvalue weighted by Gasteiger charge is -2.32. The van der Waals surface area contributed by atoms with Gasteiger partial charge in [-0.25, -0.2) is 0 Å². The van der Waals surface area contributed by atoms with Gasteiger partial charge in [-0.05, 0) is 34.7 Å². The summed E-state index contributed by atoms with van der Waals surface area (Å²) in [5, 5.41) is 3.64. The van der Waals surface area contributed by atoms with E-state index in [0.717, 1.165) is 16.7 Å². The van der Waals surface area contributed by atoms with Crippen LogP contribution in [0.15, 0.2) is 84.9 Å². The van der Waals surface area contributed by atoms with Gasteiger partial charge in [0.05, 0.1) is 6.42 Å². The highest BCUT2D eigenvalue weighted by molar-refractivity contribution is 6.30. The van der Waals surface area contributed by atoms with Gasteiger partial charge in [0, 0.05) is 24.5 Å². The second-order valence-electron chi connectivity index (χ2n) is 8.66. The molecule has 2 amide bonds. The maximum Gasteiger partial charge on any atom is 0.243 e. The maximum atomic E-state index is 13.6. The van der Waals surface area contributed by atoms with E-state index in [2.05, 4.69) is 19.2 Å². The van der Waals surface area contributed by atoms with Crippen LogP contribution in [0.1, 0.15) is 30.5 Å². The van der Waals surface area contributed by atoms with Crippen LogP contribution in [-0.4, -0.2) is 29.3 Å². The Kier molecular flexibility index (Phi) is 9.08. The average molecular weight is 463 g/mol. The van der Waals surface area contributed by atoms with Crippen molar-refractivity contribution in [3.8, 4) is 0 Å². The molecule has 1 N–H and O–H groups in total. The van der Waals surface area contributed by atoms with Crippen molar-refractivity contribution in [1.29, 1.82) is 0 Å². The summed E-state index contributed by atoms with van der Waals surface area (Å²) in [5.74, 6) is 0.0746. The molecule has 0 saturated heterocycles. The van der Waals surface area contributed by atoms with E-state index in [1.807, 2.05) is 78.9 Å². The lowest BCUT2D eigenvalue weighted by molar-refractivity contribution is -0.140. The molecule has 1 unspecified atom stereocenters. The fourth-order valence-electron chi connectivity index (χ4n) is 3.68. The van der Waals surface area contributed by atoms with Gasteiger partial charge in [-0.15, -0.1) is 0 Å². The molecule has 0 aliphatic carbocycles. The quantitative estimate of drug-likeness (QED) is 0.444. The Morgan fingerprint density at radius 2 is 1.45 bits per heavy atom. The molecular formula is C28H31ClN2O2. The van der Waals surface area contributed by atoms with Crippen LogP contribution in [0.5, 0.6) is 0 Å². The van der Waals surface area contributed by atoms with Crippen molar-refractivity contribution in [2.75, 3.05) is 6.54 Å². The fourth-order valence-corrected chi connectivity index (χ4v) is 3.89. The normalized spacial score (nSPS) is 11.8. The van der Waals surface area contributed by atoms with Crippen molar-refractivity contribution in [2.24, 2.45) is 5.92 Å². The van der Waals surface area contributed by atoms with E-state index in [4.69, 9.17) is 11.6 Å². The van der Waals surface area contributed by atoms with Gasteiger partial charge in [-0.1, -0.05) is 98.2 Å². The largest absolute Gasteiger partial charge is 0.354 e. The molecule has 0 bridgehead atoms. The smallest absolute Gasteiger partial charge is 0.243 e. The van der Waals surface area contributed by atoms with Crippen LogP contribution < -0.4 is 5.32 Å². The number of hydrogen-bond donors (Lipinski definition) is 1. The zero-order valence-electron chi connectivity index (χ0n) is 19.2. The third kappa shape index (κ3) is 7.76. The first kappa shape index (κ1) is 24.5. The summed E-state index contributed by atoms with van der Waals surface area (Å²) in [4.78, 5) is 28.7. The van der Waals surface area contributed by atoms with Gasteiger partial charge >= 0.3 is 0 Å². The third-order valence-corrected chi connectivity index (χ3v) is 5.63. The van der Waals surface area contributed by atoms with Gasteiger partial charge in [-0.3, -0.25) is 9.59 Å². The molecule has 5 heteroatoms. The molecule has 0 saturated carbocycles. The van der Waals surface area contributed by atoms with Gasteiger partial charge in [0.1, 0.15) is 6.04 Å².